The average Bonchev–Trinajstić information content (AvgIpc) is 2.39. The minimum absolute atomic E-state index is 0.104. The summed E-state index contributed by atoms with van der Waals surface area (Å²) >= 11 is 0. The highest BCUT2D eigenvalue weighted by molar-refractivity contribution is 5.13. The minimum atomic E-state index is -0.104. The van der Waals surface area contributed by atoms with Crippen molar-refractivity contribution in [2.45, 2.75) is 63.8 Å². The maximum absolute atomic E-state index is 9.70. The lowest BCUT2D eigenvalue weighted by Crippen LogP contribution is -2.56. The van der Waals surface area contributed by atoms with Crippen LogP contribution >= 0.6 is 0 Å². The van der Waals surface area contributed by atoms with Gasteiger partial charge in [0.05, 0.1) is 6.07 Å². The lowest BCUT2D eigenvalue weighted by atomic mass is 9.70. The third-order valence-corrected chi connectivity index (χ3v) is 4.64. The SMILES string of the molecule is CCC1CCCCC1(C#N)N1CCCCC1. The molecule has 0 bridgehead atoms. The number of nitrogens with zero attached hydrogens (tertiary/aromatic N) is 2. The van der Waals surface area contributed by atoms with Crippen LogP contribution in [0.1, 0.15) is 58.3 Å². The topological polar surface area (TPSA) is 27.0 Å². The molecule has 0 aromatic carbocycles. The van der Waals surface area contributed by atoms with Crippen LogP contribution in [0.25, 0.3) is 0 Å². The monoisotopic (exact) mass is 220 g/mol. The summed E-state index contributed by atoms with van der Waals surface area (Å²) in [6.07, 6.45) is 10.1. The van der Waals surface area contributed by atoms with Crippen molar-refractivity contribution in [1.82, 2.24) is 4.90 Å². The molecular formula is C14H24N2. The third-order valence-electron chi connectivity index (χ3n) is 4.64. The van der Waals surface area contributed by atoms with Gasteiger partial charge in [-0.05, 0) is 44.7 Å². The molecule has 90 valence electrons. The molecule has 1 heterocycles. The van der Waals surface area contributed by atoms with E-state index in [1.54, 1.807) is 0 Å². The van der Waals surface area contributed by atoms with Crippen LogP contribution in [0.3, 0.4) is 0 Å². The van der Waals surface area contributed by atoms with Gasteiger partial charge in [0.1, 0.15) is 5.54 Å². The zero-order valence-corrected chi connectivity index (χ0v) is 10.5. The van der Waals surface area contributed by atoms with E-state index in [0.717, 1.165) is 19.5 Å². The summed E-state index contributed by atoms with van der Waals surface area (Å²) < 4.78 is 0. The molecule has 1 saturated heterocycles. The molecule has 0 radical (unpaired) electrons. The Balaban J connectivity index is 2.17. The largest absolute Gasteiger partial charge is 0.285 e. The Morgan fingerprint density at radius 1 is 1.19 bits per heavy atom. The van der Waals surface area contributed by atoms with Crippen molar-refractivity contribution in [2.24, 2.45) is 5.92 Å². The van der Waals surface area contributed by atoms with Crippen LogP contribution in [0.15, 0.2) is 0 Å². The predicted octanol–water partition coefficient (Wildman–Crippen LogP) is 3.33. The van der Waals surface area contributed by atoms with Crippen molar-refractivity contribution >= 4 is 0 Å². The molecule has 2 aliphatic rings. The van der Waals surface area contributed by atoms with Gasteiger partial charge in [-0.1, -0.05) is 32.6 Å². The quantitative estimate of drug-likeness (QED) is 0.713. The Morgan fingerprint density at radius 3 is 2.56 bits per heavy atom. The van der Waals surface area contributed by atoms with Gasteiger partial charge in [-0.2, -0.15) is 5.26 Å². The molecule has 2 atom stereocenters. The van der Waals surface area contributed by atoms with Crippen LogP contribution in [0.4, 0.5) is 0 Å². The lowest BCUT2D eigenvalue weighted by Gasteiger charge is -2.48. The molecule has 2 fully saturated rings. The zero-order valence-electron chi connectivity index (χ0n) is 10.5. The Morgan fingerprint density at radius 2 is 1.94 bits per heavy atom. The Labute approximate surface area is 99.6 Å². The van der Waals surface area contributed by atoms with E-state index in [1.807, 2.05) is 0 Å². The molecule has 2 heteroatoms. The van der Waals surface area contributed by atoms with Gasteiger partial charge in [0.25, 0.3) is 0 Å². The molecule has 2 rings (SSSR count). The van der Waals surface area contributed by atoms with E-state index in [1.165, 1.54) is 44.9 Å². The molecule has 0 spiro atoms. The Kier molecular flexibility index (Phi) is 3.86. The first-order chi connectivity index (χ1) is 7.83. The van der Waals surface area contributed by atoms with Crippen LogP contribution in [-0.4, -0.2) is 23.5 Å². The predicted molar refractivity (Wildman–Crippen MR) is 66.0 cm³/mol. The fourth-order valence-electron chi connectivity index (χ4n) is 3.70. The first kappa shape index (κ1) is 11.9. The maximum Gasteiger partial charge on any atom is 0.112 e. The van der Waals surface area contributed by atoms with Gasteiger partial charge in [0.15, 0.2) is 0 Å². The van der Waals surface area contributed by atoms with Gasteiger partial charge in [0, 0.05) is 0 Å². The Bertz CT molecular complexity index is 262. The summed E-state index contributed by atoms with van der Waals surface area (Å²) in [6, 6.07) is 2.71. The van der Waals surface area contributed by atoms with Crippen LogP contribution < -0.4 is 0 Å². The number of rotatable bonds is 2. The van der Waals surface area contributed by atoms with Crippen molar-refractivity contribution in [3.05, 3.63) is 0 Å². The second-order valence-corrected chi connectivity index (χ2v) is 5.43. The second-order valence-electron chi connectivity index (χ2n) is 5.43. The van der Waals surface area contributed by atoms with E-state index in [-0.39, 0.29) is 5.54 Å². The van der Waals surface area contributed by atoms with Gasteiger partial charge >= 0.3 is 0 Å². The van der Waals surface area contributed by atoms with Gasteiger partial charge in [-0.15, -0.1) is 0 Å². The number of piperidine rings is 1. The average molecular weight is 220 g/mol. The van der Waals surface area contributed by atoms with Crippen molar-refractivity contribution < 1.29 is 0 Å². The summed E-state index contributed by atoms with van der Waals surface area (Å²) in [7, 11) is 0. The zero-order chi connectivity index (χ0) is 11.4. The maximum atomic E-state index is 9.70. The third kappa shape index (κ3) is 1.98. The molecule has 1 aliphatic carbocycles. The lowest BCUT2D eigenvalue weighted by molar-refractivity contribution is 0.0284. The number of hydrogen-bond donors (Lipinski definition) is 0. The summed E-state index contributed by atoms with van der Waals surface area (Å²) in [5, 5.41) is 9.70. The van der Waals surface area contributed by atoms with E-state index in [0.29, 0.717) is 5.92 Å². The molecule has 1 aliphatic heterocycles. The van der Waals surface area contributed by atoms with E-state index in [4.69, 9.17) is 0 Å². The summed E-state index contributed by atoms with van der Waals surface area (Å²) in [5.74, 6) is 0.615. The highest BCUT2D eigenvalue weighted by Crippen LogP contribution is 2.41. The van der Waals surface area contributed by atoms with Gasteiger partial charge in [-0.3, -0.25) is 4.90 Å². The minimum Gasteiger partial charge on any atom is -0.285 e. The summed E-state index contributed by atoms with van der Waals surface area (Å²) in [5.41, 5.74) is -0.104. The van der Waals surface area contributed by atoms with Crippen molar-refractivity contribution in [3.63, 3.8) is 0 Å². The standard InChI is InChI=1S/C14H24N2/c1-2-13-8-4-5-9-14(13,12-15)16-10-6-3-7-11-16/h13H,2-11H2,1H3. The molecule has 0 aromatic rings. The van der Waals surface area contributed by atoms with Crippen LogP contribution in [0, 0.1) is 17.2 Å². The fourth-order valence-corrected chi connectivity index (χ4v) is 3.70. The molecule has 0 amide bonds. The molecule has 16 heavy (non-hydrogen) atoms. The first-order valence-electron chi connectivity index (χ1n) is 7.00. The first-order valence-corrected chi connectivity index (χ1v) is 7.00. The van der Waals surface area contributed by atoms with E-state index < -0.39 is 0 Å². The summed E-state index contributed by atoms with van der Waals surface area (Å²) in [6.45, 7) is 4.57. The van der Waals surface area contributed by atoms with Gasteiger partial charge in [0.2, 0.25) is 0 Å². The molecule has 0 aromatic heterocycles. The fraction of sp³-hybridized carbons (Fsp3) is 0.929. The Hall–Kier alpha value is -0.550. The van der Waals surface area contributed by atoms with Crippen molar-refractivity contribution in [3.8, 4) is 6.07 Å². The van der Waals surface area contributed by atoms with E-state index in [2.05, 4.69) is 17.9 Å². The molecule has 0 N–H and O–H groups in total. The van der Waals surface area contributed by atoms with Crippen LogP contribution in [-0.2, 0) is 0 Å². The highest BCUT2D eigenvalue weighted by atomic mass is 15.2. The molecule has 2 nitrogen and oxygen atoms in total. The normalized spacial score (nSPS) is 36.9. The second kappa shape index (κ2) is 5.19. The summed E-state index contributed by atoms with van der Waals surface area (Å²) in [4.78, 5) is 2.52. The number of likely N-dealkylation sites (tertiary alicyclic amines) is 1. The van der Waals surface area contributed by atoms with Gasteiger partial charge < -0.3 is 0 Å². The van der Waals surface area contributed by atoms with E-state index >= 15 is 0 Å². The number of hydrogen-bond acceptors (Lipinski definition) is 2. The molecule has 2 unspecified atom stereocenters. The smallest absolute Gasteiger partial charge is 0.112 e. The highest BCUT2D eigenvalue weighted by Gasteiger charge is 2.44. The van der Waals surface area contributed by atoms with E-state index in [9.17, 15) is 5.26 Å². The molecular weight excluding hydrogens is 196 g/mol. The van der Waals surface area contributed by atoms with Crippen molar-refractivity contribution in [2.75, 3.05) is 13.1 Å². The van der Waals surface area contributed by atoms with Gasteiger partial charge in [-0.25, -0.2) is 0 Å². The number of nitriles is 1. The molecule has 1 saturated carbocycles. The van der Waals surface area contributed by atoms with Crippen LogP contribution in [0.2, 0.25) is 0 Å². The van der Waals surface area contributed by atoms with Crippen molar-refractivity contribution in [1.29, 1.82) is 5.26 Å². The van der Waals surface area contributed by atoms with Crippen LogP contribution in [0.5, 0.6) is 0 Å².